The van der Waals surface area contributed by atoms with Crippen LogP contribution in [0.3, 0.4) is 0 Å². The normalized spacial score (nSPS) is 13.6. The van der Waals surface area contributed by atoms with E-state index < -0.39 is 11.8 Å². The first kappa shape index (κ1) is 22.5. The molecule has 1 aliphatic rings. The highest BCUT2D eigenvalue weighted by Crippen LogP contribution is 2.20. The van der Waals surface area contributed by atoms with Gasteiger partial charge in [-0.2, -0.15) is 0 Å². The van der Waals surface area contributed by atoms with E-state index in [0.717, 1.165) is 11.6 Å². The number of carbonyl (C=O) groups excluding carboxylic acids is 3. The molecule has 1 fully saturated rings. The Balaban J connectivity index is 1.41. The molecule has 0 radical (unpaired) electrons. The Morgan fingerprint density at radius 1 is 0.871 bits per heavy atom. The fourth-order valence-corrected chi connectivity index (χ4v) is 3.36. The molecular formula is C21H21ClF2N4O3. The number of amides is 4. The van der Waals surface area contributed by atoms with Gasteiger partial charge in [-0.25, -0.2) is 13.6 Å². The van der Waals surface area contributed by atoms with Gasteiger partial charge in [0.1, 0.15) is 11.6 Å². The molecule has 1 heterocycles. The van der Waals surface area contributed by atoms with Crippen LogP contribution in [-0.2, 0) is 11.3 Å². The van der Waals surface area contributed by atoms with E-state index in [0.29, 0.717) is 26.2 Å². The summed E-state index contributed by atoms with van der Waals surface area (Å²) in [6.45, 7) is 1.23. The van der Waals surface area contributed by atoms with E-state index in [1.807, 2.05) is 0 Å². The summed E-state index contributed by atoms with van der Waals surface area (Å²) >= 11 is 5.95. The van der Waals surface area contributed by atoms with Crippen LogP contribution in [0, 0.1) is 11.6 Å². The average Bonchev–Trinajstić information content (AvgIpc) is 2.77. The lowest BCUT2D eigenvalue weighted by Gasteiger charge is -2.35. The predicted molar refractivity (Wildman–Crippen MR) is 111 cm³/mol. The Kier molecular flexibility index (Phi) is 7.41. The van der Waals surface area contributed by atoms with E-state index in [1.165, 1.54) is 24.3 Å². The van der Waals surface area contributed by atoms with Crippen LogP contribution in [0.5, 0.6) is 0 Å². The third-order valence-electron chi connectivity index (χ3n) is 4.85. The van der Waals surface area contributed by atoms with Crippen molar-refractivity contribution in [3.05, 3.63) is 70.2 Å². The number of benzene rings is 2. The number of nitrogens with zero attached hydrogens (tertiary/aromatic N) is 2. The van der Waals surface area contributed by atoms with Gasteiger partial charge in [-0.05, 0) is 35.9 Å². The number of piperazine rings is 1. The molecule has 2 N–H and O–H groups in total. The zero-order chi connectivity index (χ0) is 22.4. The maximum absolute atomic E-state index is 13.2. The molecule has 1 aliphatic heterocycles. The molecule has 0 atom stereocenters. The first-order chi connectivity index (χ1) is 14.8. The van der Waals surface area contributed by atoms with Crippen molar-refractivity contribution in [2.75, 3.05) is 32.7 Å². The molecule has 2 aromatic rings. The lowest BCUT2D eigenvalue weighted by molar-refractivity contribution is -0.131. The minimum atomic E-state index is -0.522. The Labute approximate surface area is 183 Å². The maximum atomic E-state index is 13.2. The Hall–Kier alpha value is -3.20. The predicted octanol–water partition coefficient (Wildman–Crippen LogP) is 2.40. The second kappa shape index (κ2) is 10.2. The summed E-state index contributed by atoms with van der Waals surface area (Å²) in [7, 11) is 0. The summed E-state index contributed by atoms with van der Waals surface area (Å²) in [6.07, 6.45) is 0. The number of hydrogen-bond acceptors (Lipinski definition) is 3. The highest BCUT2D eigenvalue weighted by Gasteiger charge is 2.26. The van der Waals surface area contributed by atoms with E-state index in [-0.39, 0.29) is 41.3 Å². The molecule has 0 unspecified atom stereocenters. The number of hydrogen-bond donors (Lipinski definition) is 2. The van der Waals surface area contributed by atoms with Gasteiger partial charge in [0.15, 0.2) is 0 Å². The number of nitrogens with one attached hydrogen (secondary N) is 2. The summed E-state index contributed by atoms with van der Waals surface area (Å²) in [5.41, 5.74) is 0.937. The lowest BCUT2D eigenvalue weighted by Crippen LogP contribution is -2.53. The Morgan fingerprint density at radius 2 is 1.48 bits per heavy atom. The summed E-state index contributed by atoms with van der Waals surface area (Å²) in [4.78, 5) is 39.9. The summed E-state index contributed by atoms with van der Waals surface area (Å²) in [5.74, 6) is -1.48. The molecule has 10 heteroatoms. The molecule has 164 valence electrons. The van der Waals surface area contributed by atoms with Gasteiger partial charge < -0.3 is 20.4 Å². The summed E-state index contributed by atoms with van der Waals surface area (Å²) in [6, 6.07) is 8.79. The second-order valence-corrected chi connectivity index (χ2v) is 7.37. The van der Waals surface area contributed by atoms with E-state index in [4.69, 9.17) is 11.6 Å². The first-order valence-electron chi connectivity index (χ1n) is 9.62. The van der Waals surface area contributed by atoms with Crippen molar-refractivity contribution >= 4 is 29.4 Å². The van der Waals surface area contributed by atoms with Crippen LogP contribution in [-0.4, -0.2) is 60.4 Å². The molecule has 0 spiro atoms. The van der Waals surface area contributed by atoms with E-state index >= 15 is 0 Å². The smallest absolute Gasteiger partial charge is 0.315 e. The van der Waals surface area contributed by atoms with Gasteiger partial charge in [-0.1, -0.05) is 23.7 Å². The van der Waals surface area contributed by atoms with Crippen LogP contribution in [0.15, 0.2) is 42.5 Å². The zero-order valence-corrected chi connectivity index (χ0v) is 17.3. The number of urea groups is 1. The zero-order valence-electron chi connectivity index (χ0n) is 16.5. The van der Waals surface area contributed by atoms with E-state index in [9.17, 15) is 23.2 Å². The minimum absolute atomic E-state index is 0.0411. The molecule has 1 saturated heterocycles. The Bertz CT molecular complexity index is 964. The van der Waals surface area contributed by atoms with Crippen molar-refractivity contribution in [1.82, 2.24) is 20.4 Å². The van der Waals surface area contributed by atoms with Crippen molar-refractivity contribution in [1.29, 1.82) is 0 Å². The van der Waals surface area contributed by atoms with Crippen molar-refractivity contribution in [3.8, 4) is 0 Å². The topological polar surface area (TPSA) is 81.8 Å². The molecule has 2 aromatic carbocycles. The SMILES string of the molecule is O=C(NCC(=O)N1CCN(C(=O)c2ccc(F)cc2Cl)CC1)NCc1ccc(F)cc1. The molecule has 0 aliphatic carbocycles. The van der Waals surface area contributed by atoms with Gasteiger partial charge in [0.25, 0.3) is 5.91 Å². The Morgan fingerprint density at radius 3 is 2.13 bits per heavy atom. The highest BCUT2D eigenvalue weighted by molar-refractivity contribution is 6.33. The largest absolute Gasteiger partial charge is 0.338 e. The molecule has 7 nitrogen and oxygen atoms in total. The van der Waals surface area contributed by atoms with Crippen LogP contribution < -0.4 is 10.6 Å². The monoisotopic (exact) mass is 450 g/mol. The van der Waals surface area contributed by atoms with E-state index in [2.05, 4.69) is 10.6 Å². The van der Waals surface area contributed by atoms with Gasteiger partial charge in [0, 0.05) is 32.7 Å². The standard InChI is InChI=1S/C21H21ClF2N4O3/c22-18-11-16(24)5-6-17(18)20(30)28-9-7-27(8-10-28)19(29)13-26-21(31)25-12-14-1-3-15(23)4-2-14/h1-6,11H,7-10,12-13H2,(H2,25,26,31). The average molecular weight is 451 g/mol. The quantitative estimate of drug-likeness (QED) is 0.734. The molecule has 0 aromatic heterocycles. The maximum Gasteiger partial charge on any atom is 0.315 e. The van der Waals surface area contributed by atoms with Gasteiger partial charge >= 0.3 is 6.03 Å². The molecule has 3 rings (SSSR count). The third kappa shape index (κ3) is 6.14. The van der Waals surface area contributed by atoms with Crippen LogP contribution in [0.1, 0.15) is 15.9 Å². The van der Waals surface area contributed by atoms with Crippen molar-refractivity contribution in [2.45, 2.75) is 6.54 Å². The summed E-state index contributed by atoms with van der Waals surface area (Å²) in [5, 5.41) is 5.12. The molecule has 4 amide bonds. The van der Waals surface area contributed by atoms with Crippen molar-refractivity contribution < 1.29 is 23.2 Å². The van der Waals surface area contributed by atoms with Crippen LogP contribution in [0.4, 0.5) is 13.6 Å². The lowest BCUT2D eigenvalue weighted by atomic mass is 10.1. The molecular weight excluding hydrogens is 430 g/mol. The fourth-order valence-electron chi connectivity index (χ4n) is 3.11. The molecule has 0 bridgehead atoms. The van der Waals surface area contributed by atoms with Gasteiger partial charge in [-0.15, -0.1) is 0 Å². The number of rotatable bonds is 5. The fraction of sp³-hybridized carbons (Fsp3) is 0.286. The van der Waals surface area contributed by atoms with E-state index in [1.54, 1.807) is 21.9 Å². The molecule has 31 heavy (non-hydrogen) atoms. The van der Waals surface area contributed by atoms with Crippen molar-refractivity contribution in [2.24, 2.45) is 0 Å². The number of halogens is 3. The van der Waals surface area contributed by atoms with Crippen LogP contribution in [0.2, 0.25) is 5.02 Å². The van der Waals surface area contributed by atoms with Gasteiger partial charge in [0.05, 0.1) is 17.1 Å². The van der Waals surface area contributed by atoms with Gasteiger partial charge in [0.2, 0.25) is 5.91 Å². The van der Waals surface area contributed by atoms with Crippen molar-refractivity contribution in [3.63, 3.8) is 0 Å². The van der Waals surface area contributed by atoms with Crippen LogP contribution in [0.25, 0.3) is 0 Å². The van der Waals surface area contributed by atoms with Crippen LogP contribution >= 0.6 is 11.6 Å². The molecule has 0 saturated carbocycles. The second-order valence-electron chi connectivity index (χ2n) is 6.96. The third-order valence-corrected chi connectivity index (χ3v) is 5.16. The highest BCUT2D eigenvalue weighted by atomic mass is 35.5. The summed E-state index contributed by atoms with van der Waals surface area (Å²) < 4.78 is 26.0. The minimum Gasteiger partial charge on any atom is -0.338 e. The first-order valence-corrected chi connectivity index (χ1v) is 9.99. The number of carbonyl (C=O) groups is 3. The van der Waals surface area contributed by atoms with Gasteiger partial charge in [-0.3, -0.25) is 9.59 Å².